The SMILES string of the molecule is Cc1cc(C(F)(F)F)c2c(N)c(C(=O)NCc3cc(F)cc4c3OCOC4)sc2n1. The van der Waals surface area contributed by atoms with Crippen LogP contribution in [0, 0.1) is 12.7 Å². The Balaban J connectivity index is 1.65. The summed E-state index contributed by atoms with van der Waals surface area (Å²) in [5.41, 5.74) is 5.71. The van der Waals surface area contributed by atoms with E-state index in [0.717, 1.165) is 17.4 Å². The average Bonchev–Trinajstić information content (AvgIpc) is 3.00. The van der Waals surface area contributed by atoms with Crippen LogP contribution in [0.5, 0.6) is 5.75 Å². The third-order valence-corrected chi connectivity index (χ3v) is 5.63. The summed E-state index contributed by atoms with van der Waals surface area (Å²) in [5, 5.41) is 2.26. The number of benzene rings is 1. The molecule has 1 aromatic carbocycles. The van der Waals surface area contributed by atoms with Gasteiger partial charge >= 0.3 is 6.18 Å². The van der Waals surface area contributed by atoms with E-state index < -0.39 is 23.5 Å². The predicted molar refractivity (Wildman–Crippen MR) is 102 cm³/mol. The maximum Gasteiger partial charge on any atom is 0.417 e. The summed E-state index contributed by atoms with van der Waals surface area (Å²) in [6, 6.07) is 3.38. The number of halogens is 4. The molecule has 0 fully saturated rings. The second-order valence-corrected chi connectivity index (χ2v) is 7.68. The predicted octanol–water partition coefficient (Wildman–Crippen LogP) is 4.14. The quantitative estimate of drug-likeness (QED) is 0.597. The maximum atomic E-state index is 13.8. The van der Waals surface area contributed by atoms with Gasteiger partial charge in [0.1, 0.15) is 21.3 Å². The lowest BCUT2D eigenvalue weighted by Gasteiger charge is -2.21. The molecule has 0 bridgehead atoms. The fraction of sp³-hybridized carbons (Fsp3) is 0.263. The minimum Gasteiger partial charge on any atom is -0.467 e. The molecular formula is C19H15F4N3O3S. The third kappa shape index (κ3) is 3.65. The Morgan fingerprint density at radius 1 is 1.33 bits per heavy atom. The first kappa shape index (κ1) is 20.4. The lowest BCUT2D eigenvalue weighted by atomic mass is 10.1. The van der Waals surface area contributed by atoms with Crippen LogP contribution in [0.3, 0.4) is 0 Å². The Morgan fingerprint density at radius 2 is 2.10 bits per heavy atom. The molecule has 0 saturated carbocycles. The molecule has 0 aliphatic carbocycles. The van der Waals surface area contributed by atoms with Crippen molar-refractivity contribution in [3.63, 3.8) is 0 Å². The molecule has 6 nitrogen and oxygen atoms in total. The Kier molecular flexibility index (Phi) is 5.02. The number of aryl methyl sites for hydroxylation is 1. The zero-order chi connectivity index (χ0) is 21.6. The normalized spacial score (nSPS) is 13.8. The molecule has 4 rings (SSSR count). The maximum absolute atomic E-state index is 13.8. The number of hydrogen-bond donors (Lipinski definition) is 2. The van der Waals surface area contributed by atoms with Crippen molar-refractivity contribution in [1.29, 1.82) is 0 Å². The van der Waals surface area contributed by atoms with Crippen LogP contribution in [0.25, 0.3) is 10.2 Å². The molecule has 1 amide bonds. The molecule has 0 atom stereocenters. The topological polar surface area (TPSA) is 86.5 Å². The zero-order valence-electron chi connectivity index (χ0n) is 15.5. The van der Waals surface area contributed by atoms with Crippen molar-refractivity contribution in [2.45, 2.75) is 26.3 Å². The van der Waals surface area contributed by atoms with E-state index in [-0.39, 0.29) is 46.4 Å². The second kappa shape index (κ2) is 7.40. The standard InChI is InChI=1S/C19H15F4N3O3S/c1-8-2-12(19(21,22)23)13-14(24)16(30-18(13)26-8)17(27)25-5-9-3-11(20)4-10-6-28-7-29-15(9)10/h2-4H,5-7,24H2,1H3,(H,25,27). The molecule has 30 heavy (non-hydrogen) atoms. The van der Waals surface area contributed by atoms with Gasteiger partial charge in [-0.1, -0.05) is 0 Å². The number of nitrogen functional groups attached to an aromatic ring is 1. The number of nitrogens with zero attached hydrogens (tertiary/aromatic N) is 1. The molecule has 0 spiro atoms. The number of carbonyl (C=O) groups excluding carboxylic acids is 1. The molecule has 158 valence electrons. The highest BCUT2D eigenvalue weighted by molar-refractivity contribution is 7.21. The number of fused-ring (bicyclic) bond motifs is 2. The summed E-state index contributed by atoms with van der Waals surface area (Å²) in [5.74, 6) is -0.807. The van der Waals surface area contributed by atoms with Gasteiger partial charge in [0.2, 0.25) is 0 Å². The van der Waals surface area contributed by atoms with Gasteiger partial charge in [-0.15, -0.1) is 11.3 Å². The van der Waals surface area contributed by atoms with Crippen LogP contribution in [0.1, 0.15) is 32.1 Å². The molecular weight excluding hydrogens is 426 g/mol. The van der Waals surface area contributed by atoms with Gasteiger partial charge in [0.15, 0.2) is 6.79 Å². The second-order valence-electron chi connectivity index (χ2n) is 6.68. The average molecular weight is 441 g/mol. The molecule has 0 radical (unpaired) electrons. The highest BCUT2D eigenvalue weighted by Gasteiger charge is 2.36. The number of alkyl halides is 3. The smallest absolute Gasteiger partial charge is 0.417 e. The first-order valence-corrected chi connectivity index (χ1v) is 9.53. The van der Waals surface area contributed by atoms with E-state index in [4.69, 9.17) is 15.2 Å². The molecule has 3 aromatic rings. The highest BCUT2D eigenvalue weighted by Crippen LogP contribution is 2.42. The zero-order valence-corrected chi connectivity index (χ0v) is 16.3. The van der Waals surface area contributed by atoms with Gasteiger partial charge in [-0.05, 0) is 25.1 Å². The largest absolute Gasteiger partial charge is 0.467 e. The third-order valence-electron chi connectivity index (χ3n) is 4.53. The highest BCUT2D eigenvalue weighted by atomic mass is 32.1. The van der Waals surface area contributed by atoms with Crippen molar-refractivity contribution in [1.82, 2.24) is 10.3 Å². The molecule has 1 aliphatic heterocycles. The molecule has 3 heterocycles. The Morgan fingerprint density at radius 3 is 2.83 bits per heavy atom. The van der Waals surface area contributed by atoms with E-state index in [2.05, 4.69) is 10.3 Å². The van der Waals surface area contributed by atoms with Crippen molar-refractivity contribution < 1.29 is 31.8 Å². The number of aromatic nitrogens is 1. The summed E-state index contributed by atoms with van der Waals surface area (Å²) in [6.45, 7) is 1.49. The number of pyridine rings is 1. The first-order chi connectivity index (χ1) is 14.1. The summed E-state index contributed by atoms with van der Waals surface area (Å²) < 4.78 is 64.6. The van der Waals surface area contributed by atoms with Gasteiger partial charge in [-0.25, -0.2) is 9.37 Å². The van der Waals surface area contributed by atoms with Crippen LogP contribution in [-0.2, 0) is 24.1 Å². The monoisotopic (exact) mass is 441 g/mol. The molecule has 0 saturated heterocycles. The van der Waals surface area contributed by atoms with Crippen molar-refractivity contribution in [2.24, 2.45) is 0 Å². The Hall–Kier alpha value is -2.92. The molecule has 0 unspecified atom stereocenters. The van der Waals surface area contributed by atoms with Gasteiger partial charge in [0, 0.05) is 28.8 Å². The molecule has 2 aromatic heterocycles. The van der Waals surface area contributed by atoms with Crippen LogP contribution in [0.2, 0.25) is 0 Å². The molecule has 11 heteroatoms. The van der Waals surface area contributed by atoms with Crippen molar-refractivity contribution in [3.8, 4) is 5.75 Å². The number of carbonyl (C=O) groups is 1. The van der Waals surface area contributed by atoms with E-state index >= 15 is 0 Å². The Labute approximate surface area is 171 Å². The number of thiophene rings is 1. The number of nitrogens with one attached hydrogen (secondary N) is 1. The molecule has 3 N–H and O–H groups in total. The van der Waals surface area contributed by atoms with Crippen LogP contribution in [0.4, 0.5) is 23.2 Å². The van der Waals surface area contributed by atoms with E-state index in [0.29, 0.717) is 16.9 Å². The first-order valence-electron chi connectivity index (χ1n) is 8.72. The summed E-state index contributed by atoms with van der Waals surface area (Å²) in [6.07, 6.45) is -4.64. The fourth-order valence-corrected chi connectivity index (χ4v) is 4.36. The summed E-state index contributed by atoms with van der Waals surface area (Å²) in [7, 11) is 0. The minimum atomic E-state index is -4.64. The molecule has 1 aliphatic rings. The van der Waals surface area contributed by atoms with Gasteiger partial charge in [0.25, 0.3) is 5.91 Å². The van der Waals surface area contributed by atoms with Crippen molar-refractivity contribution in [2.75, 3.05) is 12.5 Å². The lowest BCUT2D eigenvalue weighted by Crippen LogP contribution is -2.24. The van der Waals surface area contributed by atoms with Crippen molar-refractivity contribution in [3.05, 3.63) is 51.3 Å². The number of amides is 1. The van der Waals surface area contributed by atoms with Gasteiger partial charge in [-0.2, -0.15) is 13.2 Å². The Bertz CT molecular complexity index is 1160. The van der Waals surface area contributed by atoms with Gasteiger partial charge in [0.05, 0.1) is 17.9 Å². The van der Waals surface area contributed by atoms with E-state index in [1.165, 1.54) is 19.1 Å². The minimum absolute atomic E-state index is 0.00587. The number of nitrogens with two attached hydrogens (primary N) is 1. The van der Waals surface area contributed by atoms with Gasteiger partial charge in [-0.3, -0.25) is 4.79 Å². The van der Waals surface area contributed by atoms with Crippen LogP contribution < -0.4 is 15.8 Å². The number of ether oxygens (including phenoxy) is 2. The van der Waals surface area contributed by atoms with Crippen LogP contribution in [-0.4, -0.2) is 17.7 Å². The van der Waals surface area contributed by atoms with Gasteiger partial charge < -0.3 is 20.5 Å². The lowest BCUT2D eigenvalue weighted by molar-refractivity contribution is -0.136. The summed E-state index contributed by atoms with van der Waals surface area (Å²) >= 11 is 0.770. The van der Waals surface area contributed by atoms with E-state index in [1.807, 2.05) is 0 Å². The van der Waals surface area contributed by atoms with E-state index in [1.54, 1.807) is 0 Å². The van der Waals surface area contributed by atoms with Crippen molar-refractivity contribution >= 4 is 33.1 Å². The van der Waals surface area contributed by atoms with Crippen LogP contribution >= 0.6 is 11.3 Å². The number of rotatable bonds is 3. The number of anilines is 1. The van der Waals surface area contributed by atoms with Crippen LogP contribution in [0.15, 0.2) is 18.2 Å². The van der Waals surface area contributed by atoms with E-state index in [9.17, 15) is 22.4 Å². The summed E-state index contributed by atoms with van der Waals surface area (Å²) in [4.78, 5) is 16.7. The number of hydrogen-bond acceptors (Lipinski definition) is 6. The fourth-order valence-electron chi connectivity index (χ4n) is 3.28.